The molecule has 0 radical (unpaired) electrons. The van der Waals surface area contributed by atoms with Gasteiger partial charge in [0.2, 0.25) is 0 Å². The first-order valence-corrected chi connectivity index (χ1v) is 6.01. The highest BCUT2D eigenvalue weighted by molar-refractivity contribution is 7.80. The Morgan fingerprint density at radius 2 is 2.19 bits per heavy atom. The van der Waals surface area contributed by atoms with Crippen molar-refractivity contribution in [1.29, 1.82) is 0 Å². The van der Waals surface area contributed by atoms with Crippen LogP contribution in [-0.4, -0.2) is 51.6 Å². The molecule has 0 bridgehead atoms. The Balaban J connectivity index is 3.03. The molecule has 1 fully saturated rings. The van der Waals surface area contributed by atoms with E-state index in [1.807, 2.05) is 0 Å². The topological polar surface area (TPSA) is 74.6 Å². The van der Waals surface area contributed by atoms with Crippen LogP contribution in [0.4, 0.5) is 4.79 Å². The minimum Gasteiger partial charge on any atom is -0.435 e. The Kier molecular flexibility index (Phi) is 4.35. The average molecular weight is 248 g/mol. The summed E-state index contributed by atoms with van der Waals surface area (Å²) >= 11 is 3.98. The second-order valence-electron chi connectivity index (χ2n) is 4.27. The van der Waals surface area contributed by atoms with Gasteiger partial charge in [-0.15, -0.1) is 0 Å². The van der Waals surface area contributed by atoms with Crippen molar-refractivity contribution in [3.63, 3.8) is 0 Å². The van der Waals surface area contributed by atoms with E-state index in [2.05, 4.69) is 12.6 Å². The van der Waals surface area contributed by atoms with E-state index in [0.717, 1.165) is 12.8 Å². The summed E-state index contributed by atoms with van der Waals surface area (Å²) in [5, 5.41) is 18.4. The van der Waals surface area contributed by atoms with E-state index in [1.165, 1.54) is 0 Å². The number of carbonyl (C=O) groups is 2. The summed E-state index contributed by atoms with van der Waals surface area (Å²) < 4.78 is -0.550. The number of thiol groups is 1. The molecular formula is C10H18NO4S+. The highest BCUT2D eigenvalue weighted by atomic mass is 32.1. The number of hydrogen-bond donors (Lipinski definition) is 3. The fourth-order valence-corrected chi connectivity index (χ4v) is 2.59. The fourth-order valence-electron chi connectivity index (χ4n) is 2.32. The maximum atomic E-state index is 12.2. The van der Waals surface area contributed by atoms with E-state index in [9.17, 15) is 14.7 Å². The molecule has 2 N–H and O–H groups in total. The molecule has 1 rings (SSSR count). The Labute approximate surface area is 100 Å². The van der Waals surface area contributed by atoms with Gasteiger partial charge in [-0.1, -0.05) is 0 Å². The zero-order valence-electron chi connectivity index (χ0n) is 9.30. The van der Waals surface area contributed by atoms with E-state index in [0.29, 0.717) is 6.54 Å². The lowest BCUT2D eigenvalue weighted by molar-refractivity contribution is -0.794. The molecule has 6 heteroatoms. The average Bonchev–Trinajstić information content (AvgIpc) is 2.62. The van der Waals surface area contributed by atoms with Gasteiger partial charge in [0.15, 0.2) is 0 Å². The lowest BCUT2D eigenvalue weighted by atomic mass is 10.1. The Morgan fingerprint density at radius 3 is 2.50 bits per heavy atom. The van der Waals surface area contributed by atoms with Crippen LogP contribution in [0.5, 0.6) is 0 Å². The number of likely N-dealkylation sites (tertiary alicyclic amines) is 1. The van der Waals surface area contributed by atoms with Crippen LogP contribution >= 0.6 is 12.6 Å². The van der Waals surface area contributed by atoms with E-state index in [-0.39, 0.29) is 18.4 Å². The maximum Gasteiger partial charge on any atom is 0.521 e. The maximum absolute atomic E-state index is 12.2. The van der Waals surface area contributed by atoms with Crippen LogP contribution in [0, 0.1) is 5.92 Å². The number of quaternary nitrogens is 1. The van der Waals surface area contributed by atoms with Gasteiger partial charge >= 0.3 is 12.0 Å². The Bertz CT molecular complexity index is 293. The van der Waals surface area contributed by atoms with Crippen molar-refractivity contribution in [3.05, 3.63) is 0 Å². The van der Waals surface area contributed by atoms with Gasteiger partial charge in [0, 0.05) is 18.6 Å². The van der Waals surface area contributed by atoms with Crippen LogP contribution in [0.1, 0.15) is 19.8 Å². The normalized spacial score (nSPS) is 31.3. The number of rotatable bonds is 3. The summed E-state index contributed by atoms with van der Waals surface area (Å²) in [5.74, 6) is -0.940. The molecule has 0 spiro atoms. The van der Waals surface area contributed by atoms with Crippen molar-refractivity contribution < 1.29 is 24.3 Å². The quantitative estimate of drug-likeness (QED) is 0.508. The van der Waals surface area contributed by atoms with Gasteiger partial charge in [-0.25, -0.2) is 4.79 Å². The summed E-state index contributed by atoms with van der Waals surface area (Å²) in [7, 11) is 0. The van der Waals surface area contributed by atoms with Crippen molar-refractivity contribution in [1.82, 2.24) is 0 Å². The molecule has 0 aliphatic carbocycles. The largest absolute Gasteiger partial charge is 0.521 e. The number of carbonyl (C=O) groups excluding carboxylic acids is 1. The van der Waals surface area contributed by atoms with Crippen LogP contribution in [0.25, 0.3) is 0 Å². The van der Waals surface area contributed by atoms with Gasteiger partial charge in [0.1, 0.15) is 12.0 Å². The smallest absolute Gasteiger partial charge is 0.435 e. The predicted octanol–water partition coefficient (Wildman–Crippen LogP) is 0.728. The molecule has 5 nitrogen and oxygen atoms in total. The summed E-state index contributed by atoms with van der Waals surface area (Å²) in [6.45, 7) is 1.74. The molecule has 92 valence electrons. The second-order valence-corrected chi connectivity index (χ2v) is 4.63. The number of imide groups is 1. The molecule has 1 heterocycles. The van der Waals surface area contributed by atoms with Crippen molar-refractivity contribution in [2.45, 2.75) is 25.8 Å². The molecule has 0 saturated carbocycles. The van der Waals surface area contributed by atoms with E-state index >= 15 is 0 Å². The highest BCUT2D eigenvalue weighted by Gasteiger charge is 2.54. The molecule has 2 amide bonds. The first-order chi connectivity index (χ1) is 7.50. The van der Waals surface area contributed by atoms with E-state index < -0.39 is 22.4 Å². The zero-order chi connectivity index (χ0) is 12.3. The molecule has 0 aromatic rings. The summed E-state index contributed by atoms with van der Waals surface area (Å²) in [5.41, 5.74) is 0. The lowest BCUT2D eigenvalue weighted by Gasteiger charge is -2.31. The fraction of sp³-hybridized carbons (Fsp3) is 0.800. The van der Waals surface area contributed by atoms with Crippen LogP contribution in [0.2, 0.25) is 0 Å². The number of hydrogen-bond acceptors (Lipinski definition) is 4. The third kappa shape index (κ3) is 1.97. The molecular weight excluding hydrogens is 230 g/mol. The number of aliphatic hydroxyl groups is 1. The first-order valence-electron chi connectivity index (χ1n) is 5.38. The monoisotopic (exact) mass is 248 g/mol. The number of carboxylic acid groups (broad SMARTS) is 1. The van der Waals surface area contributed by atoms with Crippen LogP contribution < -0.4 is 0 Å². The summed E-state index contributed by atoms with van der Waals surface area (Å²) in [6.07, 6.45) is 0.336. The molecule has 1 aliphatic rings. The van der Waals surface area contributed by atoms with Crippen molar-refractivity contribution in [2.75, 3.05) is 18.9 Å². The Morgan fingerprint density at radius 1 is 1.56 bits per heavy atom. The minimum atomic E-state index is -1.12. The van der Waals surface area contributed by atoms with Crippen LogP contribution in [-0.2, 0) is 4.79 Å². The molecule has 1 saturated heterocycles. The number of nitrogens with zero attached hydrogens (tertiary/aromatic N) is 1. The lowest BCUT2D eigenvalue weighted by Crippen LogP contribution is -2.61. The molecule has 0 aromatic heterocycles. The predicted molar refractivity (Wildman–Crippen MR) is 61.3 cm³/mol. The summed E-state index contributed by atoms with van der Waals surface area (Å²) in [4.78, 5) is 23.5. The Hall–Kier alpha value is -0.590. The van der Waals surface area contributed by atoms with Crippen LogP contribution in [0.15, 0.2) is 0 Å². The van der Waals surface area contributed by atoms with E-state index in [1.54, 1.807) is 6.92 Å². The second kappa shape index (κ2) is 5.16. The van der Waals surface area contributed by atoms with Crippen molar-refractivity contribution in [2.24, 2.45) is 5.92 Å². The highest BCUT2D eigenvalue weighted by Crippen LogP contribution is 2.30. The van der Waals surface area contributed by atoms with Gasteiger partial charge in [-0.2, -0.15) is 21.9 Å². The van der Waals surface area contributed by atoms with Gasteiger partial charge in [-0.05, 0) is 6.92 Å². The SMILES string of the molecule is C[C@@H]1CCC[N+]1(C(=O)O)C(=O)C(CO)CS. The molecule has 0 aromatic carbocycles. The minimum absolute atomic E-state index is 0.176. The summed E-state index contributed by atoms with van der Waals surface area (Å²) in [6, 6.07) is -0.223. The van der Waals surface area contributed by atoms with Crippen molar-refractivity contribution >= 4 is 24.6 Å². The van der Waals surface area contributed by atoms with Crippen LogP contribution in [0.3, 0.4) is 0 Å². The van der Waals surface area contributed by atoms with Crippen molar-refractivity contribution in [3.8, 4) is 0 Å². The standard InChI is InChI=1S/C10H17NO4S/c1-7-3-2-4-11(7,10(14)15)9(13)8(5-12)6-16/h7-8,12H,2-6H2,1H3,(H-,14,15,16)/p+1/t7-,8?,11?/m1/s1. The van der Waals surface area contributed by atoms with Gasteiger partial charge in [0.25, 0.3) is 0 Å². The van der Waals surface area contributed by atoms with Gasteiger partial charge < -0.3 is 10.2 Å². The third-order valence-corrected chi connectivity index (χ3v) is 3.85. The number of aliphatic hydroxyl groups excluding tert-OH is 1. The van der Waals surface area contributed by atoms with E-state index in [4.69, 9.17) is 5.11 Å². The first kappa shape index (κ1) is 13.5. The zero-order valence-corrected chi connectivity index (χ0v) is 10.2. The molecule has 3 atom stereocenters. The molecule has 2 unspecified atom stereocenters. The molecule has 16 heavy (non-hydrogen) atoms. The molecule has 1 aliphatic heterocycles. The van der Waals surface area contributed by atoms with Gasteiger partial charge in [0.05, 0.1) is 13.2 Å². The van der Waals surface area contributed by atoms with Gasteiger partial charge in [-0.3, -0.25) is 0 Å². The number of amides is 2. The third-order valence-electron chi connectivity index (χ3n) is 3.41.